The lowest BCUT2D eigenvalue weighted by molar-refractivity contribution is -0.117. The van der Waals surface area contributed by atoms with Crippen LogP contribution in [-0.4, -0.2) is 46.8 Å². The number of sulfonamides is 1. The van der Waals surface area contributed by atoms with Crippen LogP contribution in [0.5, 0.6) is 5.75 Å². The van der Waals surface area contributed by atoms with Gasteiger partial charge >= 0.3 is 0 Å². The number of nitrogens with zero attached hydrogens (tertiary/aromatic N) is 2. The lowest BCUT2D eigenvalue weighted by atomic mass is 10.1. The van der Waals surface area contributed by atoms with Crippen LogP contribution in [0.1, 0.15) is 32.6 Å². The molecule has 0 aromatic heterocycles. The molecule has 1 fully saturated rings. The van der Waals surface area contributed by atoms with E-state index in [2.05, 4.69) is 10.2 Å². The highest BCUT2D eigenvalue weighted by molar-refractivity contribution is 7.92. The molecule has 1 heterocycles. The van der Waals surface area contributed by atoms with Crippen molar-refractivity contribution in [3.05, 3.63) is 47.5 Å². The topological polar surface area (TPSA) is 79.0 Å². The normalized spacial score (nSPS) is 15.2. The first kappa shape index (κ1) is 24.2. The number of amides is 1. The van der Waals surface area contributed by atoms with Gasteiger partial charge in [-0.2, -0.15) is 0 Å². The SMILES string of the molecule is CC[C@H](C(=O)Nc1ccc(N2CCCCC2)cc1)N(c1cc(Cl)ccc1OC)S(C)(=O)=O. The molecule has 0 radical (unpaired) electrons. The Labute approximate surface area is 195 Å². The molecule has 0 saturated carbocycles. The van der Waals surface area contributed by atoms with E-state index in [4.69, 9.17) is 16.3 Å². The van der Waals surface area contributed by atoms with Crippen molar-refractivity contribution in [3.8, 4) is 5.75 Å². The van der Waals surface area contributed by atoms with Gasteiger partial charge in [-0.3, -0.25) is 9.10 Å². The van der Waals surface area contributed by atoms with Crippen molar-refractivity contribution in [1.29, 1.82) is 0 Å². The highest BCUT2D eigenvalue weighted by Gasteiger charge is 2.33. The highest BCUT2D eigenvalue weighted by atomic mass is 35.5. The number of benzene rings is 2. The van der Waals surface area contributed by atoms with Crippen molar-refractivity contribution in [2.24, 2.45) is 0 Å². The quantitative estimate of drug-likeness (QED) is 0.602. The number of ether oxygens (including phenoxy) is 1. The summed E-state index contributed by atoms with van der Waals surface area (Å²) in [5.74, 6) is -0.109. The first-order valence-electron chi connectivity index (χ1n) is 10.7. The molecule has 1 N–H and O–H groups in total. The van der Waals surface area contributed by atoms with Crippen molar-refractivity contribution in [3.63, 3.8) is 0 Å². The molecule has 0 spiro atoms. The minimum Gasteiger partial charge on any atom is -0.495 e. The zero-order valence-corrected chi connectivity index (χ0v) is 20.2. The third-order valence-electron chi connectivity index (χ3n) is 5.56. The smallest absolute Gasteiger partial charge is 0.248 e. The van der Waals surface area contributed by atoms with E-state index in [1.165, 1.54) is 32.4 Å². The van der Waals surface area contributed by atoms with Gasteiger partial charge in [0.25, 0.3) is 0 Å². The number of hydrogen-bond acceptors (Lipinski definition) is 5. The molecule has 1 aliphatic heterocycles. The number of methoxy groups -OCH3 is 1. The van der Waals surface area contributed by atoms with Crippen molar-refractivity contribution in [2.75, 3.05) is 41.0 Å². The molecule has 0 aliphatic carbocycles. The number of piperidine rings is 1. The second-order valence-electron chi connectivity index (χ2n) is 7.88. The highest BCUT2D eigenvalue weighted by Crippen LogP contribution is 2.35. The monoisotopic (exact) mass is 479 g/mol. The largest absolute Gasteiger partial charge is 0.495 e. The third-order valence-corrected chi connectivity index (χ3v) is 6.96. The van der Waals surface area contributed by atoms with E-state index in [1.54, 1.807) is 19.1 Å². The first-order chi connectivity index (χ1) is 15.2. The number of carbonyl (C=O) groups excluding carboxylic acids is 1. The molecule has 3 rings (SSSR count). The Morgan fingerprint density at radius 2 is 1.81 bits per heavy atom. The molecule has 32 heavy (non-hydrogen) atoms. The standard InChI is InChI=1S/C23H30ClN3O4S/c1-4-20(27(32(3,29)30)21-16-17(24)8-13-22(21)31-2)23(28)25-18-9-11-19(12-10-18)26-14-6-5-7-15-26/h8-13,16,20H,4-7,14-15H2,1-3H3,(H,25,28)/t20-/m1/s1. The van der Waals surface area contributed by atoms with E-state index in [0.29, 0.717) is 16.5 Å². The fourth-order valence-electron chi connectivity index (χ4n) is 4.00. The maximum absolute atomic E-state index is 13.2. The van der Waals surface area contributed by atoms with Crippen LogP contribution in [0.4, 0.5) is 17.1 Å². The van der Waals surface area contributed by atoms with Crippen LogP contribution in [0.25, 0.3) is 0 Å². The molecule has 0 unspecified atom stereocenters. The van der Waals surface area contributed by atoms with Crippen molar-refractivity contribution in [1.82, 2.24) is 0 Å². The number of nitrogens with one attached hydrogen (secondary N) is 1. The molecule has 7 nitrogen and oxygen atoms in total. The summed E-state index contributed by atoms with van der Waals surface area (Å²) in [5.41, 5.74) is 1.96. The van der Waals surface area contributed by atoms with Gasteiger partial charge in [0.1, 0.15) is 11.8 Å². The molecule has 1 atom stereocenters. The summed E-state index contributed by atoms with van der Waals surface area (Å²) >= 11 is 6.12. The average molecular weight is 480 g/mol. The van der Waals surface area contributed by atoms with E-state index in [9.17, 15) is 13.2 Å². The van der Waals surface area contributed by atoms with E-state index in [0.717, 1.165) is 29.3 Å². The minimum absolute atomic E-state index is 0.227. The maximum atomic E-state index is 13.2. The van der Waals surface area contributed by atoms with Gasteiger partial charge in [0.2, 0.25) is 15.9 Å². The zero-order valence-electron chi connectivity index (χ0n) is 18.7. The van der Waals surface area contributed by atoms with Crippen LogP contribution in [0.2, 0.25) is 5.02 Å². The Morgan fingerprint density at radius 3 is 2.38 bits per heavy atom. The number of hydrogen-bond donors (Lipinski definition) is 1. The van der Waals surface area contributed by atoms with Crippen molar-refractivity contribution in [2.45, 2.75) is 38.6 Å². The molecule has 2 aromatic rings. The van der Waals surface area contributed by atoms with Crippen LogP contribution in [-0.2, 0) is 14.8 Å². The molecule has 174 valence electrons. The predicted molar refractivity (Wildman–Crippen MR) is 131 cm³/mol. The first-order valence-corrected chi connectivity index (χ1v) is 13.0. The Bertz CT molecular complexity index is 1040. The van der Waals surface area contributed by atoms with Gasteiger partial charge in [0.05, 0.1) is 19.1 Å². The van der Waals surface area contributed by atoms with Crippen molar-refractivity contribution < 1.29 is 17.9 Å². The Balaban J connectivity index is 1.85. The average Bonchev–Trinajstić information content (AvgIpc) is 2.77. The molecule has 9 heteroatoms. The van der Waals surface area contributed by atoms with E-state index in [1.807, 2.05) is 24.3 Å². The van der Waals surface area contributed by atoms with Gasteiger partial charge in [0, 0.05) is 29.5 Å². The number of anilines is 3. The van der Waals surface area contributed by atoms with Crippen molar-refractivity contribution >= 4 is 44.6 Å². The zero-order chi connectivity index (χ0) is 23.3. The van der Waals surface area contributed by atoms with Gasteiger partial charge < -0.3 is 15.0 Å². The summed E-state index contributed by atoms with van der Waals surface area (Å²) in [6, 6.07) is 11.4. The lowest BCUT2D eigenvalue weighted by Gasteiger charge is -2.31. The predicted octanol–water partition coefficient (Wildman–Crippen LogP) is 4.52. The Hall–Kier alpha value is -2.45. The second kappa shape index (κ2) is 10.4. The second-order valence-corrected chi connectivity index (χ2v) is 10.2. The number of rotatable bonds is 8. The summed E-state index contributed by atoms with van der Waals surface area (Å²) in [6.45, 7) is 3.84. The van der Waals surface area contributed by atoms with Crippen LogP contribution in [0, 0.1) is 0 Å². The molecule has 1 saturated heterocycles. The summed E-state index contributed by atoms with van der Waals surface area (Å²) in [6.07, 6.45) is 4.96. The van der Waals surface area contributed by atoms with E-state index in [-0.39, 0.29) is 12.1 Å². The van der Waals surface area contributed by atoms with Gasteiger partial charge in [0.15, 0.2) is 0 Å². The summed E-state index contributed by atoms with van der Waals surface area (Å²) in [5, 5.41) is 3.21. The molecular weight excluding hydrogens is 450 g/mol. The molecule has 1 aliphatic rings. The minimum atomic E-state index is -3.81. The number of carbonyl (C=O) groups is 1. The van der Waals surface area contributed by atoms with Crippen LogP contribution in [0.3, 0.4) is 0 Å². The van der Waals surface area contributed by atoms with Crippen LogP contribution < -0.4 is 19.3 Å². The molecule has 2 aromatic carbocycles. The Morgan fingerprint density at radius 1 is 1.16 bits per heavy atom. The van der Waals surface area contributed by atoms with Gasteiger partial charge in [-0.15, -0.1) is 0 Å². The summed E-state index contributed by atoms with van der Waals surface area (Å²) in [4.78, 5) is 15.5. The Kier molecular flexibility index (Phi) is 7.90. The fraction of sp³-hybridized carbons (Fsp3) is 0.435. The van der Waals surface area contributed by atoms with Crippen LogP contribution >= 0.6 is 11.6 Å². The number of halogens is 1. The lowest BCUT2D eigenvalue weighted by Crippen LogP contribution is -2.47. The summed E-state index contributed by atoms with van der Waals surface area (Å²) in [7, 11) is -2.37. The third kappa shape index (κ3) is 5.66. The fourth-order valence-corrected chi connectivity index (χ4v) is 5.38. The molecule has 0 bridgehead atoms. The maximum Gasteiger partial charge on any atom is 0.248 e. The molecular formula is C23H30ClN3O4S. The van der Waals surface area contributed by atoms with Gasteiger partial charge in [-0.1, -0.05) is 18.5 Å². The molecule has 1 amide bonds. The van der Waals surface area contributed by atoms with Gasteiger partial charge in [-0.25, -0.2) is 8.42 Å². The summed E-state index contributed by atoms with van der Waals surface area (Å²) < 4.78 is 31.9. The van der Waals surface area contributed by atoms with E-state index < -0.39 is 22.0 Å². The van der Waals surface area contributed by atoms with Crippen LogP contribution in [0.15, 0.2) is 42.5 Å². The van der Waals surface area contributed by atoms with Gasteiger partial charge in [-0.05, 0) is 68.1 Å². The van der Waals surface area contributed by atoms with E-state index >= 15 is 0 Å².